The third-order valence-corrected chi connectivity index (χ3v) is 7.49. The van der Waals surface area contributed by atoms with Gasteiger partial charge in [-0.15, -0.1) is 0 Å². The number of carbonyl (C=O) groups is 2. The van der Waals surface area contributed by atoms with Crippen LogP contribution in [0.5, 0.6) is 0 Å². The molecule has 13 heteroatoms. The number of aliphatic hydroxyl groups excluding tert-OH is 1. The second-order valence-corrected chi connectivity index (χ2v) is 11.8. The predicted molar refractivity (Wildman–Crippen MR) is 165 cm³/mol. The minimum atomic E-state index is -1.00. The first-order chi connectivity index (χ1) is 21.0. The standard InChI is InChI=1S/C31H37F2N5O5S/c1-21(2)19-37(44-24-13-11-23(12-14-24)38(42)43)20-29(39)28(15-22-7-4-3-5-8-22)36-31(41)18-35-30(40)17-34-16-25-26(32)9-6-10-27(25)33/h3-14,21,28-29,34,39H,15-20H2,1-2H3,(H,35,40)(H,36,41)/t28-,29+/m0/s1. The van der Waals surface area contributed by atoms with Crippen molar-refractivity contribution in [3.05, 3.63) is 106 Å². The van der Waals surface area contributed by atoms with E-state index in [2.05, 4.69) is 16.0 Å². The molecule has 2 amide bonds. The summed E-state index contributed by atoms with van der Waals surface area (Å²) >= 11 is 1.36. The lowest BCUT2D eigenvalue weighted by molar-refractivity contribution is -0.384. The van der Waals surface area contributed by atoms with E-state index in [0.717, 1.165) is 22.6 Å². The van der Waals surface area contributed by atoms with E-state index in [0.29, 0.717) is 13.0 Å². The van der Waals surface area contributed by atoms with Crippen LogP contribution in [-0.2, 0) is 22.6 Å². The van der Waals surface area contributed by atoms with Gasteiger partial charge in [-0.2, -0.15) is 0 Å². The fraction of sp³-hybridized carbons (Fsp3) is 0.355. The molecule has 236 valence electrons. The Morgan fingerprint density at radius 1 is 0.932 bits per heavy atom. The van der Waals surface area contributed by atoms with Crippen LogP contribution in [0.25, 0.3) is 0 Å². The maximum Gasteiger partial charge on any atom is 0.269 e. The quantitative estimate of drug-likeness (QED) is 0.101. The Hall–Kier alpha value is -3.91. The van der Waals surface area contributed by atoms with Crippen LogP contribution in [0.2, 0.25) is 0 Å². The summed E-state index contributed by atoms with van der Waals surface area (Å²) in [5, 5.41) is 30.3. The van der Waals surface area contributed by atoms with E-state index in [1.807, 2.05) is 48.5 Å². The second-order valence-electron chi connectivity index (χ2n) is 10.6. The smallest absolute Gasteiger partial charge is 0.269 e. The van der Waals surface area contributed by atoms with Gasteiger partial charge >= 0.3 is 0 Å². The Morgan fingerprint density at radius 3 is 2.20 bits per heavy atom. The van der Waals surface area contributed by atoms with E-state index < -0.39 is 40.5 Å². The topological polar surface area (TPSA) is 137 Å². The third kappa shape index (κ3) is 11.6. The number of nitrogens with one attached hydrogen (secondary N) is 3. The zero-order valence-corrected chi connectivity index (χ0v) is 25.4. The van der Waals surface area contributed by atoms with Gasteiger partial charge in [-0.1, -0.05) is 50.2 Å². The van der Waals surface area contributed by atoms with Gasteiger partial charge in [0.25, 0.3) is 5.69 Å². The van der Waals surface area contributed by atoms with Crippen LogP contribution < -0.4 is 16.0 Å². The highest BCUT2D eigenvalue weighted by molar-refractivity contribution is 7.97. The van der Waals surface area contributed by atoms with Crippen molar-refractivity contribution in [2.24, 2.45) is 5.92 Å². The number of nitrogens with zero attached hydrogens (tertiary/aromatic N) is 2. The van der Waals surface area contributed by atoms with E-state index in [1.54, 1.807) is 12.1 Å². The maximum atomic E-state index is 13.8. The Bertz CT molecular complexity index is 1360. The average molecular weight is 630 g/mol. The summed E-state index contributed by atoms with van der Waals surface area (Å²) in [7, 11) is 0. The number of nitro benzene ring substituents is 1. The second kappa shape index (κ2) is 17.4. The first-order valence-corrected chi connectivity index (χ1v) is 14.9. The van der Waals surface area contributed by atoms with Gasteiger partial charge in [-0.05, 0) is 54.1 Å². The van der Waals surface area contributed by atoms with Crippen molar-refractivity contribution in [2.45, 2.75) is 43.9 Å². The fourth-order valence-electron chi connectivity index (χ4n) is 4.32. The SMILES string of the molecule is CC(C)CN(C[C@@H](O)[C@H](Cc1ccccc1)NC(=O)CNC(=O)CNCc1c(F)cccc1F)Sc1ccc([N+](=O)[O-])cc1. The van der Waals surface area contributed by atoms with Crippen molar-refractivity contribution in [3.63, 3.8) is 0 Å². The molecule has 0 aliphatic heterocycles. The lowest BCUT2D eigenvalue weighted by atomic mass is 10.0. The Morgan fingerprint density at radius 2 is 1.59 bits per heavy atom. The average Bonchev–Trinajstić information content (AvgIpc) is 2.97. The van der Waals surface area contributed by atoms with Crippen molar-refractivity contribution in [3.8, 4) is 0 Å². The Kier molecular flexibility index (Phi) is 13.7. The van der Waals surface area contributed by atoms with Crippen LogP contribution in [0.1, 0.15) is 25.0 Å². The predicted octanol–water partition coefficient (Wildman–Crippen LogP) is 3.83. The molecule has 0 heterocycles. The molecular formula is C31H37F2N5O5S. The van der Waals surface area contributed by atoms with Crippen LogP contribution in [0.15, 0.2) is 77.7 Å². The number of hydrogen-bond donors (Lipinski definition) is 4. The van der Waals surface area contributed by atoms with Crippen molar-refractivity contribution in [1.29, 1.82) is 0 Å². The first-order valence-electron chi connectivity index (χ1n) is 14.1. The normalized spacial score (nSPS) is 12.6. The number of hydrogen-bond acceptors (Lipinski definition) is 8. The molecule has 4 N–H and O–H groups in total. The van der Waals surface area contributed by atoms with E-state index in [9.17, 15) is 33.6 Å². The van der Waals surface area contributed by atoms with Gasteiger partial charge in [0, 0.05) is 42.2 Å². The molecule has 10 nitrogen and oxygen atoms in total. The van der Waals surface area contributed by atoms with Crippen molar-refractivity contribution in [1.82, 2.24) is 20.3 Å². The number of halogens is 2. The zero-order valence-electron chi connectivity index (χ0n) is 24.5. The van der Waals surface area contributed by atoms with E-state index >= 15 is 0 Å². The van der Waals surface area contributed by atoms with Gasteiger partial charge in [0.2, 0.25) is 11.8 Å². The fourth-order valence-corrected chi connectivity index (χ4v) is 5.48. The minimum Gasteiger partial charge on any atom is -0.390 e. The largest absolute Gasteiger partial charge is 0.390 e. The monoisotopic (exact) mass is 629 g/mol. The highest BCUT2D eigenvalue weighted by Crippen LogP contribution is 2.26. The third-order valence-electron chi connectivity index (χ3n) is 6.45. The Balaban J connectivity index is 1.60. The molecule has 0 saturated heterocycles. The zero-order chi connectivity index (χ0) is 32.1. The lowest BCUT2D eigenvalue weighted by Crippen LogP contribution is -2.51. The summed E-state index contributed by atoms with van der Waals surface area (Å²) in [4.78, 5) is 36.4. The lowest BCUT2D eigenvalue weighted by Gasteiger charge is -2.30. The Labute approximate surface area is 259 Å². The number of nitro groups is 1. The minimum absolute atomic E-state index is 0.0164. The van der Waals surface area contributed by atoms with E-state index in [4.69, 9.17) is 0 Å². The molecule has 0 aliphatic carbocycles. The van der Waals surface area contributed by atoms with Crippen molar-refractivity contribution >= 4 is 29.4 Å². The van der Waals surface area contributed by atoms with Crippen molar-refractivity contribution < 1.29 is 28.4 Å². The molecule has 0 aromatic heterocycles. The number of non-ortho nitro benzene ring substituents is 1. The van der Waals surface area contributed by atoms with Gasteiger partial charge in [-0.25, -0.2) is 13.1 Å². The molecule has 0 fully saturated rings. The van der Waals surface area contributed by atoms with Crippen LogP contribution >= 0.6 is 11.9 Å². The molecule has 3 aromatic rings. The number of aliphatic hydroxyl groups is 1. The highest BCUT2D eigenvalue weighted by atomic mass is 32.2. The number of amides is 2. The summed E-state index contributed by atoms with van der Waals surface area (Å²) in [6.07, 6.45) is -0.675. The maximum absolute atomic E-state index is 13.8. The molecule has 0 bridgehead atoms. The molecule has 0 saturated carbocycles. The molecule has 0 unspecified atom stereocenters. The summed E-state index contributed by atoms with van der Waals surface area (Å²) in [5.74, 6) is -2.26. The summed E-state index contributed by atoms with van der Waals surface area (Å²) < 4.78 is 29.5. The molecule has 0 aliphatic rings. The molecule has 3 rings (SSSR count). The molecule has 3 aromatic carbocycles. The van der Waals surface area contributed by atoms with E-state index in [-0.39, 0.29) is 43.3 Å². The number of benzene rings is 3. The highest BCUT2D eigenvalue weighted by Gasteiger charge is 2.25. The molecule has 0 spiro atoms. The summed E-state index contributed by atoms with van der Waals surface area (Å²) in [6, 6.07) is 18.3. The van der Waals surface area contributed by atoms with Crippen LogP contribution in [0.4, 0.5) is 14.5 Å². The van der Waals surface area contributed by atoms with E-state index in [1.165, 1.54) is 30.1 Å². The number of rotatable bonds is 17. The molecule has 2 atom stereocenters. The molecule has 0 radical (unpaired) electrons. The van der Waals surface area contributed by atoms with Crippen LogP contribution in [-0.4, -0.2) is 64.5 Å². The van der Waals surface area contributed by atoms with Gasteiger partial charge < -0.3 is 21.1 Å². The molecule has 44 heavy (non-hydrogen) atoms. The summed E-state index contributed by atoms with van der Waals surface area (Å²) in [6.45, 7) is 4.02. The van der Waals surface area contributed by atoms with Crippen LogP contribution in [0, 0.1) is 27.7 Å². The van der Waals surface area contributed by atoms with Gasteiger partial charge in [-0.3, -0.25) is 19.7 Å². The van der Waals surface area contributed by atoms with Gasteiger partial charge in [0.15, 0.2) is 0 Å². The first kappa shape index (κ1) is 34.6. The van der Waals surface area contributed by atoms with Crippen molar-refractivity contribution in [2.75, 3.05) is 26.2 Å². The molecular weight excluding hydrogens is 592 g/mol. The van der Waals surface area contributed by atoms with Crippen LogP contribution in [0.3, 0.4) is 0 Å². The van der Waals surface area contributed by atoms with Gasteiger partial charge in [0.05, 0.1) is 30.2 Å². The van der Waals surface area contributed by atoms with Gasteiger partial charge in [0.1, 0.15) is 11.6 Å². The number of carbonyl (C=O) groups excluding carboxylic acids is 2. The summed E-state index contributed by atoms with van der Waals surface area (Å²) in [5.41, 5.74) is 0.690.